The second-order valence-corrected chi connectivity index (χ2v) is 3.23. The van der Waals surface area contributed by atoms with Crippen LogP contribution in [0.5, 0.6) is 0 Å². The average Bonchev–Trinajstić information content (AvgIpc) is 2.29. The first-order chi connectivity index (χ1) is 7.70. The van der Waals surface area contributed by atoms with Crippen LogP contribution in [-0.4, -0.2) is 15.0 Å². The molecule has 0 aliphatic rings. The van der Waals surface area contributed by atoms with Crippen molar-refractivity contribution in [1.29, 1.82) is 5.26 Å². The standard InChI is InChI=1S/C11H8N4O/c1-7-13-3-2-10(15-7)9-4-8(5-12)11(16)14-6-9/h2-4,6H,1H3,(H,14,16). The zero-order valence-electron chi connectivity index (χ0n) is 8.56. The van der Waals surface area contributed by atoms with E-state index < -0.39 is 5.56 Å². The van der Waals surface area contributed by atoms with Crippen molar-refractivity contribution in [3.8, 4) is 17.3 Å². The zero-order chi connectivity index (χ0) is 11.5. The topological polar surface area (TPSA) is 82.4 Å². The Bertz CT molecular complexity index is 624. The summed E-state index contributed by atoms with van der Waals surface area (Å²) in [6.07, 6.45) is 3.17. The summed E-state index contributed by atoms with van der Waals surface area (Å²) < 4.78 is 0. The van der Waals surface area contributed by atoms with Crippen LogP contribution in [0.1, 0.15) is 11.4 Å². The summed E-state index contributed by atoms with van der Waals surface area (Å²) in [6, 6.07) is 5.07. The lowest BCUT2D eigenvalue weighted by Gasteiger charge is -2.00. The van der Waals surface area contributed by atoms with Gasteiger partial charge in [-0.2, -0.15) is 5.26 Å². The van der Waals surface area contributed by atoms with Crippen molar-refractivity contribution in [2.75, 3.05) is 0 Å². The molecule has 0 aromatic carbocycles. The van der Waals surface area contributed by atoms with E-state index in [0.717, 1.165) is 0 Å². The van der Waals surface area contributed by atoms with E-state index in [9.17, 15) is 4.79 Å². The second-order valence-electron chi connectivity index (χ2n) is 3.23. The predicted octanol–water partition coefficient (Wildman–Crippen LogP) is 1.01. The van der Waals surface area contributed by atoms with Crippen molar-refractivity contribution in [3.63, 3.8) is 0 Å². The van der Waals surface area contributed by atoms with E-state index in [1.165, 1.54) is 12.3 Å². The number of pyridine rings is 1. The molecular weight excluding hydrogens is 204 g/mol. The number of H-pyrrole nitrogens is 1. The van der Waals surface area contributed by atoms with Gasteiger partial charge in [0.25, 0.3) is 5.56 Å². The highest BCUT2D eigenvalue weighted by molar-refractivity contribution is 5.59. The summed E-state index contributed by atoms with van der Waals surface area (Å²) in [5.74, 6) is 0.641. The maximum atomic E-state index is 11.2. The molecule has 0 aliphatic heterocycles. The maximum Gasteiger partial charge on any atom is 0.265 e. The zero-order valence-corrected chi connectivity index (χ0v) is 8.56. The Labute approximate surface area is 91.4 Å². The molecule has 0 saturated heterocycles. The molecule has 5 nitrogen and oxygen atoms in total. The van der Waals surface area contributed by atoms with E-state index in [1.807, 2.05) is 6.07 Å². The number of aromatic nitrogens is 3. The molecule has 0 saturated carbocycles. The number of nitrogens with one attached hydrogen (secondary N) is 1. The first-order valence-corrected chi connectivity index (χ1v) is 4.63. The highest BCUT2D eigenvalue weighted by Crippen LogP contribution is 2.14. The molecule has 0 unspecified atom stereocenters. The molecule has 0 fully saturated rings. The molecule has 2 aromatic heterocycles. The molecule has 0 radical (unpaired) electrons. The van der Waals surface area contributed by atoms with Gasteiger partial charge in [-0.15, -0.1) is 0 Å². The summed E-state index contributed by atoms with van der Waals surface area (Å²) in [5, 5.41) is 8.74. The molecule has 2 aromatic rings. The van der Waals surface area contributed by atoms with Crippen molar-refractivity contribution in [2.45, 2.75) is 6.92 Å². The van der Waals surface area contributed by atoms with Gasteiger partial charge in [-0.3, -0.25) is 4.79 Å². The predicted molar refractivity (Wildman–Crippen MR) is 57.5 cm³/mol. The minimum atomic E-state index is -0.392. The normalized spacial score (nSPS) is 9.75. The molecule has 0 amide bonds. The van der Waals surface area contributed by atoms with Crippen molar-refractivity contribution >= 4 is 0 Å². The van der Waals surface area contributed by atoms with Crippen LogP contribution in [0.15, 0.2) is 29.3 Å². The maximum absolute atomic E-state index is 11.2. The fourth-order valence-corrected chi connectivity index (χ4v) is 1.33. The van der Waals surface area contributed by atoms with E-state index in [4.69, 9.17) is 5.26 Å². The molecule has 0 bridgehead atoms. The third-order valence-electron chi connectivity index (χ3n) is 2.10. The molecule has 78 valence electrons. The van der Waals surface area contributed by atoms with Crippen LogP contribution in [0.3, 0.4) is 0 Å². The van der Waals surface area contributed by atoms with Crippen LogP contribution in [-0.2, 0) is 0 Å². The number of nitrogens with zero attached hydrogens (tertiary/aromatic N) is 3. The Balaban J connectivity index is 2.58. The van der Waals surface area contributed by atoms with Crippen LogP contribution >= 0.6 is 0 Å². The van der Waals surface area contributed by atoms with Gasteiger partial charge < -0.3 is 4.98 Å². The van der Waals surface area contributed by atoms with E-state index >= 15 is 0 Å². The van der Waals surface area contributed by atoms with Gasteiger partial charge in [0.2, 0.25) is 0 Å². The average molecular weight is 212 g/mol. The lowest BCUT2D eigenvalue weighted by molar-refractivity contribution is 1.05. The van der Waals surface area contributed by atoms with Gasteiger partial charge in [0.15, 0.2) is 0 Å². The Kier molecular flexibility index (Phi) is 2.48. The van der Waals surface area contributed by atoms with Gasteiger partial charge >= 0.3 is 0 Å². The summed E-state index contributed by atoms with van der Waals surface area (Å²) in [6.45, 7) is 1.78. The molecule has 1 N–H and O–H groups in total. The first-order valence-electron chi connectivity index (χ1n) is 4.63. The quantitative estimate of drug-likeness (QED) is 0.764. The monoisotopic (exact) mass is 212 g/mol. The molecule has 5 heteroatoms. The van der Waals surface area contributed by atoms with Gasteiger partial charge in [-0.1, -0.05) is 0 Å². The number of hydrogen-bond acceptors (Lipinski definition) is 4. The van der Waals surface area contributed by atoms with E-state index in [1.54, 1.807) is 19.2 Å². The summed E-state index contributed by atoms with van der Waals surface area (Å²) in [4.78, 5) is 21.9. The van der Waals surface area contributed by atoms with Gasteiger partial charge in [0.1, 0.15) is 17.5 Å². The molecule has 2 heterocycles. The van der Waals surface area contributed by atoms with Gasteiger partial charge in [0.05, 0.1) is 5.69 Å². The molecule has 16 heavy (non-hydrogen) atoms. The van der Waals surface area contributed by atoms with Gasteiger partial charge in [0, 0.05) is 18.0 Å². The van der Waals surface area contributed by atoms with E-state index in [-0.39, 0.29) is 5.56 Å². The summed E-state index contributed by atoms with van der Waals surface area (Å²) >= 11 is 0. The SMILES string of the molecule is Cc1nccc(-c2c[nH]c(=O)c(C#N)c2)n1. The van der Waals surface area contributed by atoms with E-state index in [0.29, 0.717) is 17.1 Å². The van der Waals surface area contributed by atoms with Crippen molar-refractivity contribution < 1.29 is 0 Å². The molecule has 0 spiro atoms. The van der Waals surface area contributed by atoms with Gasteiger partial charge in [-0.25, -0.2) is 9.97 Å². The van der Waals surface area contributed by atoms with Crippen molar-refractivity contribution in [3.05, 3.63) is 46.3 Å². The molecule has 2 rings (SSSR count). The third kappa shape index (κ3) is 1.81. The van der Waals surface area contributed by atoms with Crippen LogP contribution in [0, 0.1) is 18.3 Å². The smallest absolute Gasteiger partial charge is 0.265 e. The van der Waals surface area contributed by atoms with Crippen LogP contribution in [0.25, 0.3) is 11.3 Å². The lowest BCUT2D eigenvalue weighted by Crippen LogP contribution is -2.09. The highest BCUT2D eigenvalue weighted by Gasteiger charge is 2.04. The van der Waals surface area contributed by atoms with Crippen molar-refractivity contribution in [1.82, 2.24) is 15.0 Å². The summed E-state index contributed by atoms with van der Waals surface area (Å²) in [7, 11) is 0. The Morgan fingerprint density at radius 2 is 2.31 bits per heavy atom. The number of aryl methyl sites for hydroxylation is 1. The summed E-state index contributed by atoms with van der Waals surface area (Å²) in [5.41, 5.74) is 1.06. The molecule has 0 aliphatic carbocycles. The third-order valence-corrected chi connectivity index (χ3v) is 2.10. The Morgan fingerprint density at radius 3 is 3.00 bits per heavy atom. The first kappa shape index (κ1) is 10.1. The second kappa shape index (κ2) is 3.95. The van der Waals surface area contributed by atoms with Crippen LogP contribution in [0.4, 0.5) is 0 Å². The minimum Gasteiger partial charge on any atom is -0.327 e. The minimum absolute atomic E-state index is 0.0776. The van der Waals surface area contributed by atoms with Crippen LogP contribution < -0.4 is 5.56 Å². The highest BCUT2D eigenvalue weighted by atomic mass is 16.1. The lowest BCUT2D eigenvalue weighted by atomic mass is 10.1. The molecule has 0 atom stereocenters. The fraction of sp³-hybridized carbons (Fsp3) is 0.0909. The van der Waals surface area contributed by atoms with Gasteiger partial charge in [-0.05, 0) is 19.1 Å². The van der Waals surface area contributed by atoms with E-state index in [2.05, 4.69) is 15.0 Å². The molecular formula is C11H8N4O. The number of aromatic amines is 1. The number of rotatable bonds is 1. The van der Waals surface area contributed by atoms with Crippen LogP contribution in [0.2, 0.25) is 0 Å². The Morgan fingerprint density at radius 1 is 1.50 bits per heavy atom. The Hall–Kier alpha value is -2.48. The van der Waals surface area contributed by atoms with Crippen molar-refractivity contribution in [2.24, 2.45) is 0 Å². The fourth-order valence-electron chi connectivity index (χ4n) is 1.33. The largest absolute Gasteiger partial charge is 0.327 e. The number of nitriles is 1. The number of hydrogen-bond donors (Lipinski definition) is 1.